The third-order valence-electron chi connectivity index (χ3n) is 3.17. The molecule has 1 unspecified atom stereocenters. The standard InChI is InChI=1S/C12H14N2O3S/c1-14-9(5-6-13)8-18(15,16)12-7-10(17-2)3-4-11(12)14/h3-4,7,9H,5,8H2,1-2H3. The lowest BCUT2D eigenvalue weighted by molar-refractivity contribution is 0.413. The van der Waals surface area contributed by atoms with E-state index in [1.165, 1.54) is 13.2 Å². The molecule has 0 aliphatic carbocycles. The highest BCUT2D eigenvalue weighted by Gasteiger charge is 2.34. The van der Waals surface area contributed by atoms with E-state index in [0.29, 0.717) is 11.4 Å². The zero-order valence-electron chi connectivity index (χ0n) is 10.3. The number of benzene rings is 1. The molecule has 1 atom stereocenters. The molecule has 18 heavy (non-hydrogen) atoms. The maximum absolute atomic E-state index is 12.2. The van der Waals surface area contributed by atoms with Gasteiger partial charge in [-0.3, -0.25) is 0 Å². The molecule has 0 spiro atoms. The van der Waals surface area contributed by atoms with Gasteiger partial charge in [0.25, 0.3) is 0 Å². The summed E-state index contributed by atoms with van der Waals surface area (Å²) in [5, 5.41) is 8.75. The van der Waals surface area contributed by atoms with Crippen molar-refractivity contribution < 1.29 is 13.2 Å². The quantitative estimate of drug-likeness (QED) is 0.804. The van der Waals surface area contributed by atoms with Gasteiger partial charge in [-0.25, -0.2) is 8.42 Å². The van der Waals surface area contributed by atoms with Crippen molar-refractivity contribution in [2.75, 3.05) is 24.8 Å². The number of hydrogen-bond donors (Lipinski definition) is 0. The summed E-state index contributed by atoms with van der Waals surface area (Å²) in [4.78, 5) is 2.12. The van der Waals surface area contributed by atoms with Gasteiger partial charge in [0.15, 0.2) is 9.84 Å². The second-order valence-corrected chi connectivity index (χ2v) is 6.24. The van der Waals surface area contributed by atoms with Crippen molar-refractivity contribution in [2.24, 2.45) is 0 Å². The summed E-state index contributed by atoms with van der Waals surface area (Å²) in [5.41, 5.74) is 0.627. The van der Waals surface area contributed by atoms with Gasteiger partial charge in [-0.1, -0.05) is 0 Å². The van der Waals surface area contributed by atoms with E-state index in [0.717, 1.165) is 0 Å². The first-order chi connectivity index (χ1) is 8.49. The van der Waals surface area contributed by atoms with Crippen LogP contribution in [0.25, 0.3) is 0 Å². The molecule has 2 rings (SSSR count). The number of fused-ring (bicyclic) bond motifs is 1. The van der Waals surface area contributed by atoms with E-state index < -0.39 is 9.84 Å². The Balaban J connectivity index is 2.55. The molecule has 1 heterocycles. The lowest BCUT2D eigenvalue weighted by Gasteiger charge is -2.34. The highest BCUT2D eigenvalue weighted by Crippen LogP contribution is 2.35. The Kier molecular flexibility index (Phi) is 3.18. The van der Waals surface area contributed by atoms with Crippen LogP contribution in [0.4, 0.5) is 5.69 Å². The van der Waals surface area contributed by atoms with Gasteiger partial charge in [-0.2, -0.15) is 5.26 Å². The number of nitriles is 1. The molecule has 1 aromatic rings. The van der Waals surface area contributed by atoms with E-state index in [9.17, 15) is 8.42 Å². The van der Waals surface area contributed by atoms with Crippen LogP contribution in [0.3, 0.4) is 0 Å². The second kappa shape index (κ2) is 4.50. The fourth-order valence-corrected chi connectivity index (χ4v) is 3.97. The SMILES string of the molecule is COc1ccc2c(c1)S(=O)(=O)CC(CC#N)N2C. The summed E-state index contributed by atoms with van der Waals surface area (Å²) in [6, 6.07) is 6.71. The van der Waals surface area contributed by atoms with Crippen LogP contribution in [0, 0.1) is 11.3 Å². The largest absolute Gasteiger partial charge is 0.497 e. The molecule has 0 radical (unpaired) electrons. The van der Waals surface area contributed by atoms with Crippen molar-refractivity contribution in [3.63, 3.8) is 0 Å². The molecule has 0 amide bonds. The first-order valence-electron chi connectivity index (χ1n) is 5.50. The first-order valence-corrected chi connectivity index (χ1v) is 7.15. The Morgan fingerprint density at radius 3 is 2.89 bits per heavy atom. The lowest BCUT2D eigenvalue weighted by atomic mass is 10.2. The van der Waals surface area contributed by atoms with Crippen molar-refractivity contribution in [3.8, 4) is 11.8 Å². The maximum Gasteiger partial charge on any atom is 0.182 e. The van der Waals surface area contributed by atoms with Gasteiger partial charge in [-0.15, -0.1) is 0 Å². The molecule has 0 saturated carbocycles. The summed E-state index contributed by atoms with van der Waals surface area (Å²) in [5.74, 6) is 0.487. The van der Waals surface area contributed by atoms with Gasteiger partial charge in [-0.05, 0) is 12.1 Å². The van der Waals surface area contributed by atoms with E-state index in [-0.39, 0.29) is 23.1 Å². The summed E-state index contributed by atoms with van der Waals surface area (Å²) in [6.07, 6.45) is 0.196. The van der Waals surface area contributed by atoms with Crippen molar-refractivity contribution in [1.82, 2.24) is 0 Å². The molecule has 0 saturated heterocycles. The van der Waals surface area contributed by atoms with Crippen molar-refractivity contribution in [2.45, 2.75) is 17.4 Å². The zero-order chi connectivity index (χ0) is 13.3. The monoisotopic (exact) mass is 266 g/mol. The maximum atomic E-state index is 12.2. The van der Waals surface area contributed by atoms with E-state index in [2.05, 4.69) is 0 Å². The Bertz CT molecular complexity index is 604. The summed E-state index contributed by atoms with van der Waals surface area (Å²) in [7, 11) is -0.0448. The predicted octanol–water partition coefficient (Wildman–Crippen LogP) is 1.20. The second-order valence-electron chi connectivity index (χ2n) is 4.24. The van der Waals surface area contributed by atoms with Gasteiger partial charge in [0.1, 0.15) is 5.75 Å². The zero-order valence-corrected chi connectivity index (χ0v) is 11.1. The van der Waals surface area contributed by atoms with E-state index in [4.69, 9.17) is 10.00 Å². The molecule has 5 nitrogen and oxygen atoms in total. The fraction of sp³-hybridized carbons (Fsp3) is 0.417. The first kappa shape index (κ1) is 12.7. The van der Waals surface area contributed by atoms with Gasteiger partial charge in [0, 0.05) is 13.1 Å². The highest BCUT2D eigenvalue weighted by molar-refractivity contribution is 7.91. The van der Waals surface area contributed by atoms with Crippen LogP contribution in [0.1, 0.15) is 6.42 Å². The number of ether oxygens (including phenoxy) is 1. The topological polar surface area (TPSA) is 70.4 Å². The molecular formula is C12H14N2O3S. The van der Waals surface area contributed by atoms with Crippen LogP contribution in [-0.2, 0) is 9.84 Å². The van der Waals surface area contributed by atoms with E-state index >= 15 is 0 Å². The van der Waals surface area contributed by atoms with Crippen LogP contribution in [-0.4, -0.2) is 34.4 Å². The average Bonchev–Trinajstić information content (AvgIpc) is 2.35. The molecule has 6 heteroatoms. The highest BCUT2D eigenvalue weighted by atomic mass is 32.2. The van der Waals surface area contributed by atoms with Crippen molar-refractivity contribution >= 4 is 15.5 Å². The lowest BCUT2D eigenvalue weighted by Crippen LogP contribution is -2.42. The Hall–Kier alpha value is -1.74. The van der Waals surface area contributed by atoms with Crippen LogP contribution < -0.4 is 9.64 Å². The minimum atomic E-state index is -3.35. The molecule has 1 aliphatic heterocycles. The minimum absolute atomic E-state index is 0.0305. The third-order valence-corrected chi connectivity index (χ3v) is 4.99. The number of hydrogen-bond acceptors (Lipinski definition) is 5. The van der Waals surface area contributed by atoms with Crippen LogP contribution >= 0.6 is 0 Å². The fourth-order valence-electron chi connectivity index (χ4n) is 2.11. The van der Waals surface area contributed by atoms with Gasteiger partial charge < -0.3 is 9.64 Å². The van der Waals surface area contributed by atoms with Gasteiger partial charge >= 0.3 is 0 Å². The van der Waals surface area contributed by atoms with Crippen LogP contribution in [0.15, 0.2) is 23.1 Å². The normalized spacial score (nSPS) is 20.9. The number of rotatable bonds is 2. The number of sulfone groups is 1. The molecule has 0 fully saturated rings. The number of nitrogens with zero attached hydrogens (tertiary/aromatic N) is 2. The third kappa shape index (κ3) is 2.02. The molecular weight excluding hydrogens is 252 g/mol. The Morgan fingerprint density at radius 2 is 2.28 bits per heavy atom. The molecule has 1 aromatic carbocycles. The number of anilines is 1. The van der Waals surface area contributed by atoms with Gasteiger partial charge in [0.2, 0.25) is 0 Å². The summed E-state index contributed by atoms with van der Waals surface area (Å²) >= 11 is 0. The Labute approximate surface area is 107 Å². The Morgan fingerprint density at radius 1 is 1.56 bits per heavy atom. The molecule has 1 aliphatic rings. The molecule has 96 valence electrons. The minimum Gasteiger partial charge on any atom is -0.497 e. The summed E-state index contributed by atoms with van der Waals surface area (Å²) < 4.78 is 29.4. The van der Waals surface area contributed by atoms with E-state index in [1.54, 1.807) is 12.1 Å². The number of methoxy groups -OCH3 is 1. The smallest absolute Gasteiger partial charge is 0.182 e. The van der Waals surface area contributed by atoms with Crippen molar-refractivity contribution in [3.05, 3.63) is 18.2 Å². The summed E-state index contributed by atoms with van der Waals surface area (Å²) in [6.45, 7) is 0. The van der Waals surface area contributed by atoms with Gasteiger partial charge in [0.05, 0.1) is 42.0 Å². The van der Waals surface area contributed by atoms with Crippen LogP contribution in [0.2, 0.25) is 0 Å². The van der Waals surface area contributed by atoms with Crippen molar-refractivity contribution in [1.29, 1.82) is 5.26 Å². The average molecular weight is 266 g/mol. The molecule has 0 N–H and O–H groups in total. The van der Waals surface area contributed by atoms with E-state index in [1.807, 2.05) is 18.0 Å². The van der Waals surface area contributed by atoms with Crippen LogP contribution in [0.5, 0.6) is 5.75 Å². The molecule has 0 bridgehead atoms. The molecule has 0 aromatic heterocycles. The predicted molar refractivity (Wildman–Crippen MR) is 67.5 cm³/mol.